The SMILES string of the molecule is CC(=O)N(CCNC(=O)Cc1ccc(Br)cc1)Cc1ccco1. The lowest BCUT2D eigenvalue weighted by atomic mass is 10.1. The Morgan fingerprint density at radius 3 is 2.57 bits per heavy atom. The van der Waals surface area contributed by atoms with Gasteiger partial charge in [0, 0.05) is 24.5 Å². The van der Waals surface area contributed by atoms with Gasteiger partial charge in [-0.15, -0.1) is 0 Å². The molecule has 0 aliphatic carbocycles. The molecule has 2 rings (SSSR count). The zero-order valence-electron chi connectivity index (χ0n) is 12.9. The molecule has 1 aromatic heterocycles. The van der Waals surface area contributed by atoms with E-state index in [9.17, 15) is 9.59 Å². The van der Waals surface area contributed by atoms with E-state index in [1.165, 1.54) is 6.92 Å². The molecule has 0 atom stereocenters. The molecular weight excluding hydrogens is 360 g/mol. The molecule has 0 unspecified atom stereocenters. The van der Waals surface area contributed by atoms with Gasteiger partial charge in [-0.05, 0) is 29.8 Å². The van der Waals surface area contributed by atoms with E-state index in [0.29, 0.717) is 26.1 Å². The molecule has 2 aromatic rings. The highest BCUT2D eigenvalue weighted by Crippen LogP contribution is 2.10. The number of nitrogens with one attached hydrogen (secondary N) is 1. The standard InChI is InChI=1S/C17H19BrN2O3/c1-13(21)20(12-16-3-2-10-23-16)9-8-19-17(22)11-14-4-6-15(18)7-5-14/h2-7,10H,8-9,11-12H2,1H3,(H,19,22). The quantitative estimate of drug-likeness (QED) is 0.805. The number of benzene rings is 1. The van der Waals surface area contributed by atoms with E-state index >= 15 is 0 Å². The van der Waals surface area contributed by atoms with Gasteiger partial charge in [-0.3, -0.25) is 9.59 Å². The molecule has 1 N–H and O–H groups in total. The van der Waals surface area contributed by atoms with Crippen molar-refractivity contribution < 1.29 is 14.0 Å². The maximum absolute atomic E-state index is 11.9. The second kappa shape index (κ2) is 8.53. The van der Waals surface area contributed by atoms with Gasteiger partial charge in [-0.25, -0.2) is 0 Å². The van der Waals surface area contributed by atoms with E-state index in [4.69, 9.17) is 4.42 Å². The van der Waals surface area contributed by atoms with Crippen LogP contribution in [-0.4, -0.2) is 29.8 Å². The van der Waals surface area contributed by atoms with Crippen molar-refractivity contribution >= 4 is 27.7 Å². The fourth-order valence-corrected chi connectivity index (χ4v) is 2.38. The Kier molecular flexibility index (Phi) is 6.40. The van der Waals surface area contributed by atoms with Crippen LogP contribution in [0.25, 0.3) is 0 Å². The maximum Gasteiger partial charge on any atom is 0.224 e. The summed E-state index contributed by atoms with van der Waals surface area (Å²) in [5.41, 5.74) is 0.949. The van der Waals surface area contributed by atoms with Crippen LogP contribution in [0.2, 0.25) is 0 Å². The summed E-state index contributed by atoms with van der Waals surface area (Å²) in [6, 6.07) is 11.2. The fourth-order valence-electron chi connectivity index (χ4n) is 2.12. The number of rotatable bonds is 7. The van der Waals surface area contributed by atoms with Crippen LogP contribution >= 0.6 is 15.9 Å². The molecule has 0 aliphatic heterocycles. The minimum atomic E-state index is -0.0613. The lowest BCUT2D eigenvalue weighted by Crippen LogP contribution is -2.37. The summed E-state index contributed by atoms with van der Waals surface area (Å²) >= 11 is 3.36. The Balaban J connectivity index is 1.76. The molecule has 6 heteroatoms. The molecular formula is C17H19BrN2O3. The Morgan fingerprint density at radius 1 is 1.22 bits per heavy atom. The second-order valence-electron chi connectivity index (χ2n) is 5.17. The zero-order chi connectivity index (χ0) is 16.7. The predicted octanol–water partition coefficient (Wildman–Crippen LogP) is 2.75. The molecule has 0 radical (unpaired) electrons. The first kappa shape index (κ1) is 17.3. The highest BCUT2D eigenvalue weighted by Gasteiger charge is 2.11. The topological polar surface area (TPSA) is 62.6 Å². The first-order chi connectivity index (χ1) is 11.0. The third-order valence-electron chi connectivity index (χ3n) is 3.35. The number of halogens is 1. The van der Waals surface area contributed by atoms with Crippen LogP contribution in [0.4, 0.5) is 0 Å². The largest absolute Gasteiger partial charge is 0.467 e. The molecule has 0 saturated carbocycles. The van der Waals surface area contributed by atoms with Crippen molar-refractivity contribution in [2.75, 3.05) is 13.1 Å². The van der Waals surface area contributed by atoms with E-state index < -0.39 is 0 Å². The average Bonchev–Trinajstić information content (AvgIpc) is 3.01. The smallest absolute Gasteiger partial charge is 0.224 e. The molecule has 0 bridgehead atoms. The number of hydrogen-bond donors (Lipinski definition) is 1. The molecule has 0 fully saturated rings. The number of carbonyl (C=O) groups excluding carboxylic acids is 2. The highest BCUT2D eigenvalue weighted by atomic mass is 79.9. The number of carbonyl (C=O) groups is 2. The number of amides is 2. The highest BCUT2D eigenvalue weighted by molar-refractivity contribution is 9.10. The minimum Gasteiger partial charge on any atom is -0.467 e. The summed E-state index contributed by atoms with van der Waals surface area (Å²) in [4.78, 5) is 25.2. The van der Waals surface area contributed by atoms with Crippen molar-refractivity contribution in [3.05, 3.63) is 58.5 Å². The molecule has 0 saturated heterocycles. The van der Waals surface area contributed by atoms with Crippen LogP contribution < -0.4 is 5.32 Å². The first-order valence-corrected chi connectivity index (χ1v) is 8.13. The van der Waals surface area contributed by atoms with Gasteiger partial charge in [0.25, 0.3) is 0 Å². The van der Waals surface area contributed by atoms with E-state index in [1.54, 1.807) is 17.2 Å². The molecule has 0 aliphatic rings. The monoisotopic (exact) mass is 378 g/mol. The summed E-state index contributed by atoms with van der Waals surface area (Å²) in [7, 11) is 0. The van der Waals surface area contributed by atoms with Crippen molar-refractivity contribution in [1.29, 1.82) is 0 Å². The lowest BCUT2D eigenvalue weighted by Gasteiger charge is -2.20. The summed E-state index contributed by atoms with van der Waals surface area (Å²) in [6.45, 7) is 2.77. The van der Waals surface area contributed by atoms with Crippen LogP contribution in [0.1, 0.15) is 18.2 Å². The summed E-state index contributed by atoms with van der Waals surface area (Å²) < 4.78 is 6.23. The third kappa shape index (κ3) is 5.90. The van der Waals surface area contributed by atoms with E-state index in [1.807, 2.05) is 30.3 Å². The van der Waals surface area contributed by atoms with Gasteiger partial charge in [0.15, 0.2) is 0 Å². The Hall–Kier alpha value is -2.08. The van der Waals surface area contributed by atoms with Gasteiger partial charge < -0.3 is 14.6 Å². The van der Waals surface area contributed by atoms with Gasteiger partial charge in [0.05, 0.1) is 19.2 Å². The van der Waals surface area contributed by atoms with Crippen LogP contribution in [0.5, 0.6) is 0 Å². The van der Waals surface area contributed by atoms with E-state index in [-0.39, 0.29) is 11.8 Å². The zero-order valence-corrected chi connectivity index (χ0v) is 14.5. The maximum atomic E-state index is 11.9. The van der Waals surface area contributed by atoms with Crippen molar-refractivity contribution in [3.8, 4) is 0 Å². The number of nitrogens with zero attached hydrogens (tertiary/aromatic N) is 1. The summed E-state index contributed by atoms with van der Waals surface area (Å²) in [6.07, 6.45) is 1.90. The molecule has 2 amide bonds. The number of hydrogen-bond acceptors (Lipinski definition) is 3. The Bertz CT molecular complexity index is 638. The van der Waals surface area contributed by atoms with Crippen LogP contribution in [0.15, 0.2) is 51.6 Å². The van der Waals surface area contributed by atoms with Crippen LogP contribution in [0.3, 0.4) is 0 Å². The molecule has 1 aromatic carbocycles. The minimum absolute atomic E-state index is 0.0523. The average molecular weight is 379 g/mol. The van der Waals surface area contributed by atoms with Gasteiger partial charge in [-0.1, -0.05) is 28.1 Å². The first-order valence-electron chi connectivity index (χ1n) is 7.33. The molecule has 0 spiro atoms. The Morgan fingerprint density at radius 2 is 1.96 bits per heavy atom. The summed E-state index contributed by atoms with van der Waals surface area (Å²) in [5, 5.41) is 2.84. The number of furan rings is 1. The fraction of sp³-hybridized carbons (Fsp3) is 0.294. The third-order valence-corrected chi connectivity index (χ3v) is 3.88. The second-order valence-corrected chi connectivity index (χ2v) is 6.09. The molecule has 122 valence electrons. The Labute approximate surface area is 143 Å². The van der Waals surface area contributed by atoms with Crippen molar-refractivity contribution in [2.24, 2.45) is 0 Å². The van der Waals surface area contributed by atoms with Crippen molar-refractivity contribution in [2.45, 2.75) is 19.9 Å². The van der Waals surface area contributed by atoms with Crippen LogP contribution in [-0.2, 0) is 22.6 Å². The lowest BCUT2D eigenvalue weighted by molar-refractivity contribution is -0.130. The van der Waals surface area contributed by atoms with Crippen molar-refractivity contribution in [3.63, 3.8) is 0 Å². The predicted molar refractivity (Wildman–Crippen MR) is 90.7 cm³/mol. The van der Waals surface area contributed by atoms with Gasteiger partial charge in [0.1, 0.15) is 5.76 Å². The molecule has 23 heavy (non-hydrogen) atoms. The van der Waals surface area contributed by atoms with Gasteiger partial charge in [0.2, 0.25) is 11.8 Å². The van der Waals surface area contributed by atoms with Gasteiger partial charge in [-0.2, -0.15) is 0 Å². The summed E-state index contributed by atoms with van der Waals surface area (Å²) in [5.74, 6) is 0.610. The molecule has 1 heterocycles. The normalized spacial score (nSPS) is 10.3. The van der Waals surface area contributed by atoms with Crippen LogP contribution in [0, 0.1) is 0 Å². The van der Waals surface area contributed by atoms with Gasteiger partial charge >= 0.3 is 0 Å². The van der Waals surface area contributed by atoms with E-state index in [0.717, 1.165) is 15.8 Å². The van der Waals surface area contributed by atoms with Crippen molar-refractivity contribution in [1.82, 2.24) is 10.2 Å². The van der Waals surface area contributed by atoms with E-state index in [2.05, 4.69) is 21.2 Å². The molecule has 5 nitrogen and oxygen atoms in total.